The van der Waals surface area contributed by atoms with E-state index in [2.05, 4.69) is 16.7 Å². The predicted octanol–water partition coefficient (Wildman–Crippen LogP) is 2.70. The minimum absolute atomic E-state index is 0.507. The Morgan fingerprint density at radius 2 is 1.91 bits per heavy atom. The van der Waals surface area contributed by atoms with Crippen LogP contribution >= 0.6 is 0 Å². The number of hydrogen-bond acceptors (Lipinski definition) is 3. The molecule has 1 aliphatic rings. The van der Waals surface area contributed by atoms with E-state index in [1.54, 1.807) is 6.07 Å². The van der Waals surface area contributed by atoms with Gasteiger partial charge in [0, 0.05) is 20.6 Å². The Balaban J connectivity index is 1.83. The largest absolute Gasteiger partial charge is 0.376 e. The quantitative estimate of drug-likeness (QED) is 0.649. The third-order valence-corrected chi connectivity index (χ3v) is 3.96. The molecule has 0 atom stereocenters. The van der Waals surface area contributed by atoms with Crippen molar-refractivity contribution in [2.75, 3.05) is 30.9 Å². The number of hydrogen-bond donors (Lipinski definition) is 2. The van der Waals surface area contributed by atoms with E-state index < -0.39 is 11.8 Å². The van der Waals surface area contributed by atoms with Crippen LogP contribution in [0.15, 0.2) is 35.9 Å². The van der Waals surface area contributed by atoms with E-state index in [1.807, 2.05) is 37.2 Å². The number of nitrogens with zero attached hydrogens (tertiary/aromatic N) is 1. The van der Waals surface area contributed by atoms with Gasteiger partial charge in [0.2, 0.25) is 0 Å². The number of rotatable bonds is 5. The topological polar surface area (TPSA) is 61.4 Å². The van der Waals surface area contributed by atoms with Gasteiger partial charge in [0.15, 0.2) is 0 Å². The van der Waals surface area contributed by atoms with Crippen molar-refractivity contribution in [1.82, 2.24) is 5.32 Å². The molecule has 124 valence electrons. The van der Waals surface area contributed by atoms with Crippen LogP contribution in [0, 0.1) is 0 Å². The van der Waals surface area contributed by atoms with Crippen LogP contribution in [0.3, 0.4) is 0 Å². The molecule has 0 radical (unpaired) electrons. The molecule has 0 unspecified atom stereocenters. The van der Waals surface area contributed by atoms with E-state index in [0.29, 0.717) is 12.2 Å². The van der Waals surface area contributed by atoms with E-state index in [9.17, 15) is 9.59 Å². The number of amides is 2. The number of anilines is 2. The molecule has 0 saturated carbocycles. The number of benzene rings is 1. The van der Waals surface area contributed by atoms with Gasteiger partial charge in [0.25, 0.3) is 0 Å². The molecule has 2 rings (SSSR count). The highest BCUT2D eigenvalue weighted by Crippen LogP contribution is 2.23. The zero-order valence-electron chi connectivity index (χ0n) is 13.9. The van der Waals surface area contributed by atoms with Gasteiger partial charge < -0.3 is 15.5 Å². The van der Waals surface area contributed by atoms with E-state index in [1.165, 1.54) is 18.4 Å². The minimum atomic E-state index is -0.628. The first-order valence-corrected chi connectivity index (χ1v) is 8.11. The maximum atomic E-state index is 12.0. The van der Waals surface area contributed by atoms with Crippen molar-refractivity contribution >= 4 is 23.2 Å². The molecule has 0 saturated heterocycles. The SMILES string of the molecule is CN(C)c1ccccc1NC(=O)C(=O)NCCC1=CCCCC1. The average molecular weight is 315 g/mol. The minimum Gasteiger partial charge on any atom is -0.376 e. The van der Waals surface area contributed by atoms with Gasteiger partial charge in [-0.25, -0.2) is 0 Å². The van der Waals surface area contributed by atoms with Crippen molar-refractivity contribution in [3.63, 3.8) is 0 Å². The second-order valence-electron chi connectivity index (χ2n) is 5.98. The van der Waals surface area contributed by atoms with Crippen molar-refractivity contribution in [2.45, 2.75) is 32.1 Å². The Morgan fingerprint density at radius 3 is 2.61 bits per heavy atom. The lowest BCUT2D eigenvalue weighted by Crippen LogP contribution is -2.36. The van der Waals surface area contributed by atoms with Crippen LogP contribution in [0.4, 0.5) is 11.4 Å². The third kappa shape index (κ3) is 5.13. The summed E-state index contributed by atoms with van der Waals surface area (Å²) < 4.78 is 0. The van der Waals surface area contributed by atoms with Crippen LogP contribution in [-0.4, -0.2) is 32.5 Å². The van der Waals surface area contributed by atoms with Gasteiger partial charge in [0.1, 0.15) is 0 Å². The number of nitrogens with one attached hydrogen (secondary N) is 2. The molecule has 5 heteroatoms. The van der Waals surface area contributed by atoms with E-state index in [0.717, 1.165) is 24.9 Å². The van der Waals surface area contributed by atoms with Crippen molar-refractivity contribution in [3.8, 4) is 0 Å². The lowest BCUT2D eigenvalue weighted by molar-refractivity contribution is -0.136. The zero-order valence-corrected chi connectivity index (χ0v) is 13.9. The average Bonchev–Trinajstić information content (AvgIpc) is 2.56. The summed E-state index contributed by atoms with van der Waals surface area (Å²) in [5, 5.41) is 5.37. The molecular formula is C18H25N3O2. The molecule has 2 N–H and O–H groups in total. The summed E-state index contributed by atoms with van der Waals surface area (Å²) in [4.78, 5) is 25.8. The van der Waals surface area contributed by atoms with Gasteiger partial charge in [-0.15, -0.1) is 0 Å². The van der Waals surface area contributed by atoms with Crippen LogP contribution in [-0.2, 0) is 9.59 Å². The molecule has 1 aromatic rings. The van der Waals surface area contributed by atoms with Crippen molar-refractivity contribution in [1.29, 1.82) is 0 Å². The lowest BCUT2D eigenvalue weighted by atomic mass is 9.97. The van der Waals surface area contributed by atoms with Gasteiger partial charge in [-0.2, -0.15) is 0 Å². The predicted molar refractivity (Wildman–Crippen MR) is 93.6 cm³/mol. The molecule has 23 heavy (non-hydrogen) atoms. The first-order chi connectivity index (χ1) is 11.1. The van der Waals surface area contributed by atoms with Gasteiger partial charge in [-0.05, 0) is 44.2 Å². The number of carbonyl (C=O) groups excluding carboxylic acids is 2. The molecule has 0 fully saturated rings. The first kappa shape index (κ1) is 17.1. The third-order valence-electron chi connectivity index (χ3n) is 3.96. The van der Waals surface area contributed by atoms with E-state index in [-0.39, 0.29) is 0 Å². The van der Waals surface area contributed by atoms with Gasteiger partial charge in [0.05, 0.1) is 11.4 Å². The van der Waals surface area contributed by atoms with Gasteiger partial charge in [-0.1, -0.05) is 23.8 Å². The van der Waals surface area contributed by atoms with E-state index in [4.69, 9.17) is 0 Å². The molecule has 0 aromatic heterocycles. The smallest absolute Gasteiger partial charge is 0.313 e. The number of carbonyl (C=O) groups is 2. The molecule has 1 aliphatic carbocycles. The Morgan fingerprint density at radius 1 is 1.13 bits per heavy atom. The Kier molecular flexibility index (Phi) is 6.20. The fourth-order valence-electron chi connectivity index (χ4n) is 2.70. The van der Waals surface area contributed by atoms with Crippen molar-refractivity contribution in [2.24, 2.45) is 0 Å². The summed E-state index contributed by atoms with van der Waals surface area (Å²) in [5.74, 6) is -1.22. The van der Waals surface area contributed by atoms with Crippen LogP contribution in [0.5, 0.6) is 0 Å². The standard InChI is InChI=1S/C18H25N3O2/c1-21(2)16-11-7-6-10-15(16)20-18(23)17(22)19-13-12-14-8-4-3-5-9-14/h6-8,10-11H,3-5,9,12-13H2,1-2H3,(H,19,22)(H,20,23). The van der Waals surface area contributed by atoms with Gasteiger partial charge in [-0.3, -0.25) is 9.59 Å². The Hall–Kier alpha value is -2.30. The molecule has 0 aliphatic heterocycles. The number of para-hydroxylation sites is 2. The summed E-state index contributed by atoms with van der Waals surface area (Å²) in [6.45, 7) is 0.507. The molecule has 0 spiro atoms. The maximum absolute atomic E-state index is 12.0. The van der Waals surface area contributed by atoms with Gasteiger partial charge >= 0.3 is 11.8 Å². The monoisotopic (exact) mass is 315 g/mol. The fourth-order valence-corrected chi connectivity index (χ4v) is 2.70. The summed E-state index contributed by atoms with van der Waals surface area (Å²) in [6, 6.07) is 7.40. The molecule has 0 heterocycles. The van der Waals surface area contributed by atoms with Crippen LogP contribution < -0.4 is 15.5 Å². The second-order valence-corrected chi connectivity index (χ2v) is 5.98. The normalized spacial score (nSPS) is 13.9. The lowest BCUT2D eigenvalue weighted by Gasteiger charge is -2.17. The fraction of sp³-hybridized carbons (Fsp3) is 0.444. The molecular weight excluding hydrogens is 290 g/mol. The van der Waals surface area contributed by atoms with Crippen molar-refractivity contribution in [3.05, 3.63) is 35.9 Å². The summed E-state index contributed by atoms with van der Waals surface area (Å²) in [7, 11) is 3.78. The highest BCUT2D eigenvalue weighted by Gasteiger charge is 2.15. The van der Waals surface area contributed by atoms with Crippen LogP contribution in [0.2, 0.25) is 0 Å². The molecule has 5 nitrogen and oxygen atoms in total. The van der Waals surface area contributed by atoms with Crippen LogP contribution in [0.25, 0.3) is 0 Å². The Labute approximate surface area is 137 Å². The van der Waals surface area contributed by atoms with E-state index >= 15 is 0 Å². The highest BCUT2D eigenvalue weighted by atomic mass is 16.2. The molecule has 2 amide bonds. The molecule has 1 aromatic carbocycles. The zero-order chi connectivity index (χ0) is 16.7. The number of allylic oxidation sites excluding steroid dienone is 1. The summed E-state index contributed by atoms with van der Waals surface area (Å²) in [5.41, 5.74) is 2.88. The van der Waals surface area contributed by atoms with Crippen LogP contribution in [0.1, 0.15) is 32.1 Å². The second kappa shape index (κ2) is 8.36. The van der Waals surface area contributed by atoms with Crippen molar-refractivity contribution < 1.29 is 9.59 Å². The summed E-state index contributed by atoms with van der Waals surface area (Å²) in [6.07, 6.45) is 7.80. The maximum Gasteiger partial charge on any atom is 0.313 e. The summed E-state index contributed by atoms with van der Waals surface area (Å²) >= 11 is 0. The first-order valence-electron chi connectivity index (χ1n) is 8.11. The molecule has 0 bridgehead atoms. The Bertz CT molecular complexity index is 594. The highest BCUT2D eigenvalue weighted by molar-refractivity contribution is 6.39.